The van der Waals surface area contributed by atoms with Crippen LogP contribution in [0.1, 0.15) is 5.56 Å². The number of hydrogen-bond donors (Lipinski definition) is 0. The number of benzene rings is 1. The minimum atomic E-state index is -4.97. The third-order valence-electron chi connectivity index (χ3n) is 1.71. The van der Waals surface area contributed by atoms with Crippen LogP contribution >= 0.6 is 11.6 Å². The van der Waals surface area contributed by atoms with Crippen molar-refractivity contribution in [1.82, 2.24) is 0 Å². The zero-order chi connectivity index (χ0) is 12.5. The topological polar surface area (TPSA) is 57.9 Å². The predicted octanol–water partition coefficient (Wildman–Crippen LogP) is 2.35. The second-order valence-corrected chi connectivity index (χ2v) is 4.92. The molecule has 8 heteroatoms. The molecular weight excluding hydrogens is 267 g/mol. The average Bonchev–Trinajstić information content (AvgIpc) is 2.21. The molecule has 1 aromatic rings. The molecule has 0 saturated carbocycles. The Hall–Kier alpha value is -1.26. The van der Waals surface area contributed by atoms with Crippen LogP contribution in [0.3, 0.4) is 0 Å². The van der Waals surface area contributed by atoms with Gasteiger partial charge in [0.05, 0.1) is 15.5 Å². The van der Waals surface area contributed by atoms with Crippen LogP contribution in [0.4, 0.5) is 13.2 Å². The summed E-state index contributed by atoms with van der Waals surface area (Å²) in [6, 6.07) is 2.48. The fourth-order valence-corrected chi connectivity index (χ4v) is 2.12. The second-order valence-electron chi connectivity index (χ2n) is 2.65. The van der Waals surface area contributed by atoms with Crippen molar-refractivity contribution >= 4 is 21.4 Å². The molecule has 0 N–H and O–H groups in total. The molecule has 0 radical (unpaired) electrons. The molecule has 0 fully saturated rings. The lowest BCUT2D eigenvalue weighted by atomic mass is 10.2. The lowest BCUT2D eigenvalue weighted by molar-refractivity contribution is 0.234. The average molecular weight is 270 g/mol. The molecule has 0 aromatic heterocycles. The number of halogens is 4. The highest BCUT2D eigenvalue weighted by Crippen LogP contribution is 2.29. The number of alkyl halides is 2. The molecular formula is C8H3ClF3NO2S. The van der Waals surface area contributed by atoms with Crippen LogP contribution in [-0.4, -0.2) is 14.2 Å². The van der Waals surface area contributed by atoms with Crippen LogP contribution in [0, 0.1) is 17.1 Å². The molecule has 1 rings (SSSR count). The summed E-state index contributed by atoms with van der Waals surface area (Å²) in [5.74, 6) is -4.74. The Bertz CT molecular complexity index is 565. The van der Waals surface area contributed by atoms with Gasteiger partial charge in [-0.15, -0.1) is 0 Å². The van der Waals surface area contributed by atoms with E-state index in [0.717, 1.165) is 0 Å². The van der Waals surface area contributed by atoms with Crippen molar-refractivity contribution in [3.8, 4) is 6.07 Å². The van der Waals surface area contributed by atoms with Crippen LogP contribution in [0.5, 0.6) is 0 Å². The Kier molecular flexibility index (Phi) is 3.45. The summed E-state index contributed by atoms with van der Waals surface area (Å²) in [5, 5.41) is 7.77. The lowest BCUT2D eigenvalue weighted by Gasteiger charge is -2.06. The van der Waals surface area contributed by atoms with E-state index in [-0.39, 0.29) is 0 Å². The first-order valence-corrected chi connectivity index (χ1v) is 5.65. The summed E-state index contributed by atoms with van der Waals surface area (Å²) in [5.41, 5.74) is -0.818. The van der Waals surface area contributed by atoms with Gasteiger partial charge in [-0.3, -0.25) is 0 Å². The Morgan fingerprint density at radius 3 is 2.38 bits per heavy atom. The van der Waals surface area contributed by atoms with Crippen LogP contribution in [0.25, 0.3) is 0 Å². The Labute approximate surface area is 94.0 Å². The van der Waals surface area contributed by atoms with Gasteiger partial charge in [0.2, 0.25) is 9.84 Å². The first kappa shape index (κ1) is 12.8. The van der Waals surface area contributed by atoms with Crippen molar-refractivity contribution in [1.29, 1.82) is 5.26 Å². The molecule has 0 saturated heterocycles. The van der Waals surface area contributed by atoms with Crippen molar-refractivity contribution in [2.75, 3.05) is 0 Å². The second kappa shape index (κ2) is 4.31. The molecule has 0 amide bonds. The zero-order valence-corrected chi connectivity index (χ0v) is 8.99. The van der Waals surface area contributed by atoms with Gasteiger partial charge < -0.3 is 0 Å². The Balaban J connectivity index is 3.62. The van der Waals surface area contributed by atoms with Crippen molar-refractivity contribution in [2.24, 2.45) is 0 Å². The van der Waals surface area contributed by atoms with Crippen molar-refractivity contribution in [3.63, 3.8) is 0 Å². The van der Waals surface area contributed by atoms with E-state index in [2.05, 4.69) is 0 Å². The largest absolute Gasteiger partial charge is 0.341 e. The van der Waals surface area contributed by atoms with Gasteiger partial charge in [-0.05, 0) is 12.1 Å². The molecule has 86 valence electrons. The molecule has 0 heterocycles. The normalized spacial score (nSPS) is 11.5. The molecule has 0 spiro atoms. The van der Waals surface area contributed by atoms with E-state index in [1.807, 2.05) is 0 Å². The quantitative estimate of drug-likeness (QED) is 0.774. The van der Waals surface area contributed by atoms with Gasteiger partial charge in [0.15, 0.2) is 0 Å². The molecule has 16 heavy (non-hydrogen) atoms. The molecule has 0 bridgehead atoms. The predicted molar refractivity (Wildman–Crippen MR) is 49.3 cm³/mol. The maximum atomic E-state index is 12.9. The van der Waals surface area contributed by atoms with E-state index < -0.39 is 36.9 Å². The van der Waals surface area contributed by atoms with E-state index in [4.69, 9.17) is 16.9 Å². The van der Waals surface area contributed by atoms with E-state index in [1.54, 1.807) is 0 Å². The van der Waals surface area contributed by atoms with Gasteiger partial charge in [-0.2, -0.15) is 14.0 Å². The highest BCUT2D eigenvalue weighted by atomic mass is 35.5. The third kappa shape index (κ3) is 1.99. The Morgan fingerprint density at radius 1 is 1.38 bits per heavy atom. The number of rotatable bonds is 2. The maximum absolute atomic E-state index is 12.9. The van der Waals surface area contributed by atoms with Crippen molar-refractivity contribution in [2.45, 2.75) is 10.7 Å². The minimum absolute atomic E-state index is 0.585. The summed E-state index contributed by atoms with van der Waals surface area (Å²) in [7, 11) is -4.97. The Morgan fingerprint density at radius 2 is 1.94 bits per heavy atom. The van der Waals surface area contributed by atoms with E-state index in [9.17, 15) is 21.6 Å². The zero-order valence-electron chi connectivity index (χ0n) is 7.42. The van der Waals surface area contributed by atoms with Crippen LogP contribution in [-0.2, 0) is 9.84 Å². The highest BCUT2D eigenvalue weighted by Gasteiger charge is 2.31. The standard InChI is InChI=1S/C8H3ClF3NO2S/c9-7-4(3-13)6(2-1-5(7)10)16(14,15)8(11)12/h1-2,8H. The number of hydrogen-bond acceptors (Lipinski definition) is 3. The van der Waals surface area contributed by atoms with Crippen molar-refractivity contribution < 1.29 is 21.6 Å². The minimum Gasteiger partial charge on any atom is -0.218 e. The number of nitriles is 1. The van der Waals surface area contributed by atoms with Crippen molar-refractivity contribution in [3.05, 3.63) is 28.5 Å². The summed E-state index contributed by atoms with van der Waals surface area (Å²) in [6.45, 7) is 0. The smallest absolute Gasteiger partial charge is 0.218 e. The van der Waals surface area contributed by atoms with Crippen LogP contribution < -0.4 is 0 Å². The molecule has 0 aliphatic carbocycles. The van der Waals surface area contributed by atoms with Gasteiger partial charge in [0, 0.05) is 0 Å². The van der Waals surface area contributed by atoms with E-state index in [1.165, 1.54) is 6.07 Å². The lowest BCUT2D eigenvalue weighted by Crippen LogP contribution is -2.13. The van der Waals surface area contributed by atoms with Gasteiger partial charge >= 0.3 is 5.76 Å². The van der Waals surface area contributed by atoms with Gasteiger partial charge in [0.25, 0.3) is 0 Å². The van der Waals surface area contributed by atoms with Gasteiger partial charge in [-0.1, -0.05) is 11.6 Å². The van der Waals surface area contributed by atoms with Crippen LogP contribution in [0.15, 0.2) is 17.0 Å². The monoisotopic (exact) mass is 269 g/mol. The fraction of sp³-hybridized carbons (Fsp3) is 0.125. The molecule has 1 aromatic carbocycles. The summed E-state index contributed by atoms with van der Waals surface area (Å²) in [6.07, 6.45) is 0. The summed E-state index contributed by atoms with van der Waals surface area (Å²) in [4.78, 5) is -0.976. The maximum Gasteiger partial charge on any atom is 0.341 e. The summed E-state index contributed by atoms with van der Waals surface area (Å²) >= 11 is 5.30. The highest BCUT2D eigenvalue weighted by molar-refractivity contribution is 7.91. The fourth-order valence-electron chi connectivity index (χ4n) is 0.970. The molecule has 0 aliphatic heterocycles. The first-order chi connectivity index (χ1) is 7.32. The third-order valence-corrected chi connectivity index (χ3v) is 3.50. The number of nitrogens with zero attached hydrogens (tertiary/aromatic N) is 1. The SMILES string of the molecule is N#Cc1c(S(=O)(=O)C(F)F)ccc(F)c1Cl. The van der Waals surface area contributed by atoms with Crippen LogP contribution in [0.2, 0.25) is 5.02 Å². The van der Waals surface area contributed by atoms with E-state index >= 15 is 0 Å². The van der Waals surface area contributed by atoms with Gasteiger partial charge in [0.1, 0.15) is 11.9 Å². The molecule has 3 nitrogen and oxygen atoms in total. The first-order valence-electron chi connectivity index (χ1n) is 3.72. The molecule has 0 aliphatic rings. The molecule has 0 unspecified atom stereocenters. The van der Waals surface area contributed by atoms with E-state index in [0.29, 0.717) is 12.1 Å². The number of sulfone groups is 1. The molecule has 0 atom stereocenters. The van der Waals surface area contributed by atoms with Gasteiger partial charge in [-0.25, -0.2) is 12.8 Å². The summed E-state index contributed by atoms with van der Waals surface area (Å²) < 4.78 is 59.5.